The van der Waals surface area contributed by atoms with Crippen molar-refractivity contribution in [2.75, 3.05) is 10.6 Å². The summed E-state index contributed by atoms with van der Waals surface area (Å²) in [6, 6.07) is 9.00. The SMILES string of the molecule is Cc1ccc(CNc2nc(NC3CCCCC3)c3cnn(C)c3n2)cc1. The topological polar surface area (TPSA) is 67.7 Å². The molecule has 2 heterocycles. The zero-order valence-corrected chi connectivity index (χ0v) is 15.5. The van der Waals surface area contributed by atoms with Crippen molar-refractivity contribution in [3.63, 3.8) is 0 Å². The van der Waals surface area contributed by atoms with Crippen LogP contribution in [0.5, 0.6) is 0 Å². The van der Waals surface area contributed by atoms with E-state index in [0.717, 1.165) is 16.9 Å². The lowest BCUT2D eigenvalue weighted by molar-refractivity contribution is 0.462. The molecule has 1 aliphatic rings. The summed E-state index contributed by atoms with van der Waals surface area (Å²) in [6.45, 7) is 2.80. The lowest BCUT2D eigenvalue weighted by Crippen LogP contribution is -2.23. The molecule has 26 heavy (non-hydrogen) atoms. The summed E-state index contributed by atoms with van der Waals surface area (Å²) in [5.41, 5.74) is 3.33. The number of hydrogen-bond acceptors (Lipinski definition) is 5. The molecule has 1 saturated carbocycles. The van der Waals surface area contributed by atoms with Crippen molar-refractivity contribution in [2.45, 2.75) is 51.6 Å². The molecule has 0 bridgehead atoms. The second kappa shape index (κ2) is 7.32. The molecule has 3 aromatic rings. The van der Waals surface area contributed by atoms with Crippen molar-refractivity contribution >= 4 is 22.8 Å². The van der Waals surface area contributed by atoms with Gasteiger partial charge in [0.05, 0.1) is 11.6 Å². The quantitative estimate of drug-likeness (QED) is 0.727. The predicted octanol–water partition coefficient (Wildman–Crippen LogP) is 4.03. The normalized spacial score (nSPS) is 15.3. The van der Waals surface area contributed by atoms with Crippen molar-refractivity contribution in [1.29, 1.82) is 0 Å². The Morgan fingerprint density at radius 3 is 2.62 bits per heavy atom. The maximum atomic E-state index is 4.75. The van der Waals surface area contributed by atoms with Crippen molar-refractivity contribution in [2.24, 2.45) is 7.05 Å². The van der Waals surface area contributed by atoms with Gasteiger partial charge in [-0.05, 0) is 25.3 Å². The number of aryl methyl sites for hydroxylation is 2. The summed E-state index contributed by atoms with van der Waals surface area (Å²) in [6.07, 6.45) is 8.18. The minimum atomic E-state index is 0.493. The summed E-state index contributed by atoms with van der Waals surface area (Å²) >= 11 is 0. The van der Waals surface area contributed by atoms with Crippen molar-refractivity contribution < 1.29 is 0 Å². The van der Waals surface area contributed by atoms with Gasteiger partial charge in [0.25, 0.3) is 0 Å². The molecule has 0 amide bonds. The van der Waals surface area contributed by atoms with Crippen LogP contribution >= 0.6 is 0 Å². The Morgan fingerprint density at radius 2 is 1.85 bits per heavy atom. The highest BCUT2D eigenvalue weighted by atomic mass is 15.3. The van der Waals surface area contributed by atoms with E-state index >= 15 is 0 Å². The number of rotatable bonds is 5. The van der Waals surface area contributed by atoms with Crippen LogP contribution in [-0.2, 0) is 13.6 Å². The number of nitrogens with zero attached hydrogens (tertiary/aromatic N) is 4. The van der Waals surface area contributed by atoms with Crippen LogP contribution in [0.2, 0.25) is 0 Å². The molecule has 1 aromatic carbocycles. The second-order valence-electron chi connectivity index (χ2n) is 7.22. The van der Waals surface area contributed by atoms with Crippen LogP contribution in [-0.4, -0.2) is 25.8 Å². The van der Waals surface area contributed by atoms with E-state index in [4.69, 9.17) is 4.98 Å². The molecule has 0 atom stereocenters. The highest BCUT2D eigenvalue weighted by Gasteiger charge is 2.17. The number of aromatic nitrogens is 4. The molecule has 4 rings (SSSR count). The molecule has 1 fully saturated rings. The standard InChI is InChI=1S/C20H26N6/c1-14-8-10-15(11-9-14)12-21-20-24-18(23-16-6-4-3-5-7-16)17-13-22-26(2)19(17)25-20/h8-11,13,16H,3-7,12H2,1-2H3,(H2,21,23,24,25). The Kier molecular flexibility index (Phi) is 4.73. The number of nitrogens with one attached hydrogen (secondary N) is 2. The molecule has 1 aliphatic carbocycles. The number of benzene rings is 1. The predicted molar refractivity (Wildman–Crippen MR) is 105 cm³/mol. The summed E-state index contributed by atoms with van der Waals surface area (Å²) < 4.78 is 1.81. The van der Waals surface area contributed by atoms with E-state index in [1.165, 1.54) is 43.2 Å². The lowest BCUT2D eigenvalue weighted by atomic mass is 9.95. The van der Waals surface area contributed by atoms with Gasteiger partial charge in [-0.1, -0.05) is 49.1 Å². The van der Waals surface area contributed by atoms with Gasteiger partial charge in [-0.15, -0.1) is 0 Å². The largest absolute Gasteiger partial charge is 0.367 e. The Hall–Kier alpha value is -2.63. The van der Waals surface area contributed by atoms with Gasteiger partial charge in [0.1, 0.15) is 5.82 Å². The zero-order valence-electron chi connectivity index (χ0n) is 15.5. The molecular weight excluding hydrogens is 324 g/mol. The first-order valence-corrected chi connectivity index (χ1v) is 9.45. The first kappa shape index (κ1) is 16.8. The second-order valence-corrected chi connectivity index (χ2v) is 7.22. The number of hydrogen-bond donors (Lipinski definition) is 2. The van der Waals surface area contributed by atoms with E-state index in [2.05, 4.69) is 51.9 Å². The van der Waals surface area contributed by atoms with Gasteiger partial charge in [-0.25, -0.2) is 0 Å². The minimum absolute atomic E-state index is 0.493. The van der Waals surface area contributed by atoms with Gasteiger partial charge in [0, 0.05) is 19.6 Å². The average molecular weight is 350 g/mol. The maximum absolute atomic E-state index is 4.75. The molecule has 0 spiro atoms. The Morgan fingerprint density at radius 1 is 1.08 bits per heavy atom. The van der Waals surface area contributed by atoms with Gasteiger partial charge < -0.3 is 10.6 Å². The number of fused-ring (bicyclic) bond motifs is 1. The van der Waals surface area contributed by atoms with Crippen LogP contribution in [0, 0.1) is 6.92 Å². The highest BCUT2D eigenvalue weighted by molar-refractivity contribution is 5.87. The van der Waals surface area contributed by atoms with Gasteiger partial charge in [-0.2, -0.15) is 15.1 Å². The van der Waals surface area contributed by atoms with Crippen LogP contribution in [0.3, 0.4) is 0 Å². The Bertz CT molecular complexity index is 877. The smallest absolute Gasteiger partial charge is 0.226 e. The average Bonchev–Trinajstić information content (AvgIpc) is 3.03. The molecule has 6 nitrogen and oxygen atoms in total. The zero-order chi connectivity index (χ0) is 17.9. The summed E-state index contributed by atoms with van der Waals surface area (Å²) in [7, 11) is 1.92. The maximum Gasteiger partial charge on any atom is 0.226 e. The van der Waals surface area contributed by atoms with E-state index in [0.29, 0.717) is 18.5 Å². The summed E-state index contributed by atoms with van der Waals surface area (Å²) in [5.74, 6) is 1.53. The third-order valence-electron chi connectivity index (χ3n) is 5.11. The first-order valence-electron chi connectivity index (χ1n) is 9.45. The van der Waals surface area contributed by atoms with Crippen LogP contribution in [0.1, 0.15) is 43.2 Å². The number of anilines is 2. The molecule has 0 radical (unpaired) electrons. The van der Waals surface area contributed by atoms with E-state index < -0.39 is 0 Å². The van der Waals surface area contributed by atoms with Gasteiger partial charge in [0.2, 0.25) is 5.95 Å². The van der Waals surface area contributed by atoms with Gasteiger partial charge in [-0.3, -0.25) is 4.68 Å². The molecule has 2 aromatic heterocycles. The first-order chi connectivity index (χ1) is 12.7. The van der Waals surface area contributed by atoms with E-state index in [-0.39, 0.29) is 0 Å². The summed E-state index contributed by atoms with van der Waals surface area (Å²) in [4.78, 5) is 9.41. The molecule has 0 unspecified atom stereocenters. The molecule has 0 saturated heterocycles. The molecular formula is C20H26N6. The van der Waals surface area contributed by atoms with Crippen molar-refractivity contribution in [3.05, 3.63) is 41.6 Å². The van der Waals surface area contributed by atoms with Crippen molar-refractivity contribution in [3.8, 4) is 0 Å². The van der Waals surface area contributed by atoms with Crippen LogP contribution in [0.15, 0.2) is 30.5 Å². The molecule has 0 aliphatic heterocycles. The lowest BCUT2D eigenvalue weighted by Gasteiger charge is -2.23. The third-order valence-corrected chi connectivity index (χ3v) is 5.11. The van der Waals surface area contributed by atoms with Crippen LogP contribution in [0.4, 0.5) is 11.8 Å². The van der Waals surface area contributed by atoms with Crippen LogP contribution in [0.25, 0.3) is 11.0 Å². The molecule has 136 valence electrons. The Balaban J connectivity index is 1.57. The van der Waals surface area contributed by atoms with Crippen molar-refractivity contribution in [1.82, 2.24) is 19.7 Å². The van der Waals surface area contributed by atoms with Gasteiger partial charge >= 0.3 is 0 Å². The van der Waals surface area contributed by atoms with E-state index in [9.17, 15) is 0 Å². The summed E-state index contributed by atoms with van der Waals surface area (Å²) in [5, 5.41) is 12.4. The van der Waals surface area contributed by atoms with Gasteiger partial charge in [0.15, 0.2) is 5.65 Å². The fraction of sp³-hybridized carbons (Fsp3) is 0.450. The molecule has 6 heteroatoms. The van der Waals surface area contributed by atoms with E-state index in [1.54, 1.807) is 4.68 Å². The minimum Gasteiger partial charge on any atom is -0.367 e. The fourth-order valence-electron chi connectivity index (χ4n) is 3.54. The highest BCUT2D eigenvalue weighted by Crippen LogP contribution is 2.26. The fourth-order valence-corrected chi connectivity index (χ4v) is 3.54. The monoisotopic (exact) mass is 350 g/mol. The molecule has 2 N–H and O–H groups in total. The Labute approximate surface area is 154 Å². The van der Waals surface area contributed by atoms with E-state index in [1.807, 2.05) is 13.2 Å². The van der Waals surface area contributed by atoms with Crippen LogP contribution < -0.4 is 10.6 Å². The third kappa shape index (κ3) is 3.64.